The Morgan fingerprint density at radius 1 is 1.18 bits per heavy atom. The summed E-state index contributed by atoms with van der Waals surface area (Å²) in [5.74, 6) is 1.11. The number of nitrogens with one attached hydrogen (secondary N) is 2. The number of rotatable bonds is 10. The smallest absolute Gasteiger partial charge is 0.223 e. The molecule has 2 rings (SSSR count). The lowest BCUT2D eigenvalue weighted by Gasteiger charge is -2.36. The van der Waals surface area contributed by atoms with Crippen molar-refractivity contribution in [2.24, 2.45) is 10.9 Å². The summed E-state index contributed by atoms with van der Waals surface area (Å²) in [6.45, 7) is 9.82. The van der Waals surface area contributed by atoms with Gasteiger partial charge in [-0.15, -0.1) is 0 Å². The van der Waals surface area contributed by atoms with E-state index in [9.17, 15) is 13.2 Å². The van der Waals surface area contributed by atoms with Crippen LogP contribution in [-0.4, -0.2) is 93.8 Å². The minimum Gasteiger partial charge on any atom is -0.378 e. The van der Waals surface area contributed by atoms with Crippen LogP contribution in [0.1, 0.15) is 33.6 Å². The molecule has 0 radical (unpaired) electrons. The van der Waals surface area contributed by atoms with Gasteiger partial charge >= 0.3 is 0 Å². The van der Waals surface area contributed by atoms with E-state index in [1.165, 1.54) is 4.31 Å². The Balaban J connectivity index is 1.78. The van der Waals surface area contributed by atoms with E-state index in [1.54, 1.807) is 0 Å². The molecule has 2 N–H and O–H groups in total. The van der Waals surface area contributed by atoms with Gasteiger partial charge in [0.1, 0.15) is 0 Å². The Bertz CT molecular complexity index is 626. The first-order chi connectivity index (χ1) is 13.3. The predicted molar refractivity (Wildman–Crippen MR) is 110 cm³/mol. The minimum absolute atomic E-state index is 0.0139. The lowest BCUT2D eigenvalue weighted by molar-refractivity contribution is -0.122. The van der Waals surface area contributed by atoms with E-state index in [-0.39, 0.29) is 30.3 Å². The van der Waals surface area contributed by atoms with Gasteiger partial charge in [0, 0.05) is 45.2 Å². The lowest BCUT2D eigenvalue weighted by Crippen LogP contribution is -2.54. The maximum absolute atomic E-state index is 12.4. The van der Waals surface area contributed by atoms with Crippen molar-refractivity contribution in [2.45, 2.75) is 39.7 Å². The molecule has 0 aromatic carbocycles. The number of guanidine groups is 1. The summed E-state index contributed by atoms with van der Waals surface area (Å²) in [4.78, 5) is 18.3. The van der Waals surface area contributed by atoms with Crippen molar-refractivity contribution < 1.29 is 17.9 Å². The Hall–Kier alpha value is -1.39. The van der Waals surface area contributed by atoms with Gasteiger partial charge in [0.2, 0.25) is 15.9 Å². The molecule has 1 aliphatic heterocycles. The fraction of sp³-hybridized carbons (Fsp3) is 0.889. The van der Waals surface area contributed by atoms with Gasteiger partial charge in [-0.1, -0.05) is 0 Å². The average molecular weight is 418 g/mol. The number of piperazine rings is 1. The van der Waals surface area contributed by atoms with Crippen LogP contribution in [-0.2, 0) is 19.6 Å². The van der Waals surface area contributed by atoms with Crippen LogP contribution >= 0.6 is 0 Å². The fourth-order valence-corrected chi connectivity index (χ4v) is 4.24. The summed E-state index contributed by atoms with van der Waals surface area (Å²) in [6, 6.07) is 0. The SMILES string of the molecule is CCNC(=NCCNC(=O)C1CC1)N1CCN(S(=O)(=O)CCOC(C)C)CC1. The third kappa shape index (κ3) is 7.56. The molecule has 9 nitrogen and oxygen atoms in total. The first kappa shape index (κ1) is 22.9. The monoisotopic (exact) mass is 417 g/mol. The molecule has 0 aromatic rings. The number of hydrogen-bond donors (Lipinski definition) is 2. The number of aliphatic imine (C=N–C) groups is 1. The number of carbonyl (C=O) groups excluding carboxylic acids is 1. The quantitative estimate of drug-likeness (QED) is 0.291. The second kappa shape index (κ2) is 11.0. The van der Waals surface area contributed by atoms with Crippen molar-refractivity contribution in [1.29, 1.82) is 0 Å². The number of nitrogens with zero attached hydrogens (tertiary/aromatic N) is 3. The minimum atomic E-state index is -3.30. The van der Waals surface area contributed by atoms with Crippen molar-refractivity contribution in [3.63, 3.8) is 0 Å². The summed E-state index contributed by atoms with van der Waals surface area (Å²) < 4.78 is 31.8. The predicted octanol–water partition coefficient (Wildman–Crippen LogP) is -0.149. The molecule has 2 fully saturated rings. The van der Waals surface area contributed by atoms with Gasteiger partial charge in [-0.25, -0.2) is 8.42 Å². The highest BCUT2D eigenvalue weighted by Crippen LogP contribution is 2.28. The summed E-state index contributed by atoms with van der Waals surface area (Å²) in [5, 5.41) is 6.16. The maximum atomic E-state index is 12.4. The zero-order chi connectivity index (χ0) is 20.6. The highest BCUT2D eigenvalue weighted by molar-refractivity contribution is 7.89. The highest BCUT2D eigenvalue weighted by atomic mass is 32.2. The number of amides is 1. The van der Waals surface area contributed by atoms with Gasteiger partial charge in [-0.05, 0) is 33.6 Å². The van der Waals surface area contributed by atoms with Gasteiger partial charge < -0.3 is 20.3 Å². The van der Waals surface area contributed by atoms with E-state index >= 15 is 0 Å². The molecule has 1 heterocycles. The van der Waals surface area contributed by atoms with Crippen molar-refractivity contribution in [1.82, 2.24) is 19.8 Å². The summed E-state index contributed by atoms with van der Waals surface area (Å²) >= 11 is 0. The van der Waals surface area contributed by atoms with Crippen molar-refractivity contribution in [2.75, 3.05) is 58.2 Å². The van der Waals surface area contributed by atoms with Gasteiger partial charge in [0.25, 0.3) is 0 Å². The van der Waals surface area contributed by atoms with Gasteiger partial charge in [-0.2, -0.15) is 4.31 Å². The molecule has 10 heteroatoms. The lowest BCUT2D eigenvalue weighted by atomic mass is 10.4. The molecule has 162 valence electrons. The third-order valence-corrected chi connectivity index (χ3v) is 6.51. The molecule has 0 spiro atoms. The van der Waals surface area contributed by atoms with Crippen LogP contribution in [0.2, 0.25) is 0 Å². The molecule has 28 heavy (non-hydrogen) atoms. The van der Waals surface area contributed by atoms with Crippen molar-refractivity contribution in [3.05, 3.63) is 0 Å². The van der Waals surface area contributed by atoms with E-state index in [1.807, 2.05) is 20.8 Å². The maximum Gasteiger partial charge on any atom is 0.223 e. The van der Waals surface area contributed by atoms with Crippen molar-refractivity contribution in [3.8, 4) is 0 Å². The number of hydrogen-bond acceptors (Lipinski definition) is 5. The normalized spacial score (nSPS) is 19.1. The zero-order valence-corrected chi connectivity index (χ0v) is 18.1. The van der Waals surface area contributed by atoms with E-state index in [0.29, 0.717) is 39.3 Å². The van der Waals surface area contributed by atoms with Crippen LogP contribution in [0.4, 0.5) is 0 Å². The van der Waals surface area contributed by atoms with Crippen molar-refractivity contribution >= 4 is 21.9 Å². The number of carbonyl (C=O) groups is 1. The molecule has 0 atom stereocenters. The van der Waals surface area contributed by atoms with Crippen LogP contribution in [0.5, 0.6) is 0 Å². The molecular weight excluding hydrogens is 382 g/mol. The van der Waals surface area contributed by atoms with E-state index < -0.39 is 10.0 Å². The Kier molecular flexibility index (Phi) is 8.97. The summed E-state index contributed by atoms with van der Waals surface area (Å²) in [7, 11) is -3.30. The molecule has 0 aromatic heterocycles. The number of sulfonamides is 1. The van der Waals surface area contributed by atoms with Crippen LogP contribution < -0.4 is 10.6 Å². The van der Waals surface area contributed by atoms with Gasteiger partial charge in [0.15, 0.2) is 5.96 Å². The molecule has 1 amide bonds. The molecule has 1 aliphatic carbocycles. The molecule has 0 unspecified atom stereocenters. The third-order valence-electron chi connectivity index (χ3n) is 4.68. The van der Waals surface area contributed by atoms with E-state index in [0.717, 1.165) is 25.3 Å². The summed E-state index contributed by atoms with van der Waals surface area (Å²) in [5.41, 5.74) is 0. The van der Waals surface area contributed by atoms with Gasteiger partial charge in [0.05, 0.1) is 25.0 Å². The Morgan fingerprint density at radius 3 is 2.43 bits per heavy atom. The van der Waals surface area contributed by atoms with E-state index in [4.69, 9.17) is 4.74 Å². The largest absolute Gasteiger partial charge is 0.378 e. The molecule has 0 bridgehead atoms. The highest BCUT2D eigenvalue weighted by Gasteiger charge is 2.29. The zero-order valence-electron chi connectivity index (χ0n) is 17.3. The molecule has 1 saturated carbocycles. The average Bonchev–Trinajstić information content (AvgIpc) is 3.49. The van der Waals surface area contributed by atoms with Crippen LogP contribution in [0, 0.1) is 5.92 Å². The molecule has 2 aliphatic rings. The first-order valence-corrected chi connectivity index (χ1v) is 11.8. The first-order valence-electron chi connectivity index (χ1n) is 10.2. The Labute approximate surface area is 168 Å². The topological polar surface area (TPSA) is 103 Å². The standard InChI is InChI=1S/C18H35N5O4S/c1-4-19-18(21-8-7-20-17(24)16-5-6-16)22-9-11-23(12-10-22)28(25,26)14-13-27-15(2)3/h15-16H,4-14H2,1-3H3,(H,19,21)(H,20,24). The van der Waals surface area contributed by atoms with E-state index in [2.05, 4.69) is 20.5 Å². The second-order valence-corrected chi connectivity index (χ2v) is 9.51. The Morgan fingerprint density at radius 2 is 1.86 bits per heavy atom. The molecule has 1 saturated heterocycles. The summed E-state index contributed by atoms with van der Waals surface area (Å²) in [6.07, 6.45) is 2.02. The molecular formula is C18H35N5O4S. The van der Waals surface area contributed by atoms with Crippen LogP contribution in [0.3, 0.4) is 0 Å². The second-order valence-electron chi connectivity index (χ2n) is 7.42. The fourth-order valence-electron chi connectivity index (χ4n) is 2.95. The number of ether oxygens (including phenoxy) is 1. The van der Waals surface area contributed by atoms with Gasteiger partial charge in [-0.3, -0.25) is 9.79 Å². The van der Waals surface area contributed by atoms with Crippen LogP contribution in [0.25, 0.3) is 0 Å². The van der Waals surface area contributed by atoms with Crippen LogP contribution in [0.15, 0.2) is 4.99 Å².